The van der Waals surface area contributed by atoms with Crippen molar-refractivity contribution in [3.8, 4) is 5.69 Å². The van der Waals surface area contributed by atoms with Gasteiger partial charge in [-0.05, 0) is 37.3 Å². The fourth-order valence-electron chi connectivity index (χ4n) is 2.57. The fourth-order valence-corrected chi connectivity index (χ4v) is 3.50. The monoisotopic (exact) mass is 421 g/mol. The number of rotatable bonds is 5. The molecule has 0 aliphatic carbocycles. The number of amides is 1. The molecule has 2 aromatic heterocycles. The molecule has 4 aromatic rings. The fraction of sp³-hybridized carbons (Fsp3) is 0.0476. The molecule has 0 aliphatic heterocycles. The third-order valence-corrected chi connectivity index (χ3v) is 5.41. The zero-order valence-corrected chi connectivity index (χ0v) is 17.0. The number of anilines is 1. The molecule has 0 saturated carbocycles. The number of carbonyl (C=O) groups excluding carboxylic acids is 1. The lowest BCUT2D eigenvalue weighted by Crippen LogP contribution is -2.11. The number of para-hydroxylation sites is 1. The second-order valence-corrected chi connectivity index (χ2v) is 7.66. The van der Waals surface area contributed by atoms with Crippen molar-refractivity contribution in [3.63, 3.8) is 0 Å². The van der Waals surface area contributed by atoms with Gasteiger partial charge < -0.3 is 5.32 Å². The minimum Gasteiger partial charge on any atom is -0.320 e. The van der Waals surface area contributed by atoms with E-state index in [4.69, 9.17) is 11.6 Å². The van der Waals surface area contributed by atoms with Crippen LogP contribution in [0.1, 0.15) is 25.9 Å². The first-order chi connectivity index (χ1) is 14.1. The van der Waals surface area contributed by atoms with Gasteiger partial charge >= 0.3 is 0 Å². The molecule has 0 unspecified atom stereocenters. The smallest absolute Gasteiger partial charge is 0.286 e. The average molecular weight is 422 g/mol. The van der Waals surface area contributed by atoms with Gasteiger partial charge in [0.15, 0.2) is 5.01 Å². The van der Waals surface area contributed by atoms with Crippen molar-refractivity contribution in [2.75, 3.05) is 5.32 Å². The molecular weight excluding hydrogens is 406 g/mol. The van der Waals surface area contributed by atoms with Gasteiger partial charge in [0.05, 0.1) is 16.9 Å². The summed E-state index contributed by atoms with van der Waals surface area (Å²) in [6.07, 6.45) is 5.32. The Morgan fingerprint density at radius 2 is 1.79 bits per heavy atom. The topological polar surface area (TPSA) is 72.7 Å². The van der Waals surface area contributed by atoms with E-state index in [9.17, 15) is 4.79 Å². The van der Waals surface area contributed by atoms with Gasteiger partial charge in [-0.1, -0.05) is 58.8 Å². The molecule has 0 bridgehead atoms. The van der Waals surface area contributed by atoms with Gasteiger partial charge in [0.2, 0.25) is 5.01 Å². The van der Waals surface area contributed by atoms with E-state index in [-0.39, 0.29) is 10.9 Å². The van der Waals surface area contributed by atoms with Crippen LogP contribution in [0.3, 0.4) is 0 Å². The third kappa shape index (κ3) is 4.59. The van der Waals surface area contributed by atoms with Crippen molar-refractivity contribution in [1.29, 1.82) is 0 Å². The Morgan fingerprint density at radius 3 is 2.55 bits per heavy atom. The predicted octanol–water partition coefficient (Wildman–Crippen LogP) is 5.02. The minimum absolute atomic E-state index is 0.243. The lowest BCUT2D eigenvalue weighted by molar-refractivity contribution is 0.102. The number of aromatic nitrogens is 4. The Kier molecular flexibility index (Phi) is 5.50. The number of nitrogens with zero attached hydrogens (tertiary/aromatic N) is 4. The lowest BCUT2D eigenvalue weighted by atomic mass is 10.2. The van der Waals surface area contributed by atoms with Crippen molar-refractivity contribution < 1.29 is 4.79 Å². The Hall–Kier alpha value is -3.29. The molecule has 1 N–H and O–H groups in total. The molecule has 0 aliphatic rings. The Bertz CT molecular complexity index is 1170. The number of halogens is 1. The molecule has 0 saturated heterocycles. The molecule has 4 rings (SSSR count). The maximum atomic E-state index is 12.4. The van der Waals surface area contributed by atoms with Gasteiger partial charge in [0, 0.05) is 17.4 Å². The van der Waals surface area contributed by atoms with E-state index < -0.39 is 0 Å². The van der Waals surface area contributed by atoms with Crippen LogP contribution in [0, 0.1) is 6.92 Å². The van der Waals surface area contributed by atoms with Gasteiger partial charge in [0.1, 0.15) is 0 Å². The Labute approximate surface area is 176 Å². The van der Waals surface area contributed by atoms with E-state index in [2.05, 4.69) is 20.6 Å². The second-order valence-electron chi connectivity index (χ2n) is 6.28. The molecule has 0 fully saturated rings. The highest BCUT2D eigenvalue weighted by atomic mass is 35.5. The van der Waals surface area contributed by atoms with Crippen LogP contribution >= 0.6 is 22.9 Å². The first-order valence-corrected chi connectivity index (χ1v) is 9.97. The summed E-state index contributed by atoms with van der Waals surface area (Å²) in [6, 6.07) is 17.3. The highest BCUT2D eigenvalue weighted by molar-refractivity contribution is 7.15. The van der Waals surface area contributed by atoms with Crippen molar-refractivity contribution >= 4 is 45.6 Å². The van der Waals surface area contributed by atoms with Gasteiger partial charge in [-0.2, -0.15) is 5.10 Å². The summed E-state index contributed by atoms with van der Waals surface area (Å²) in [5.74, 6) is -0.320. The summed E-state index contributed by atoms with van der Waals surface area (Å²) in [4.78, 5) is 12.4. The van der Waals surface area contributed by atoms with E-state index in [0.717, 1.165) is 28.2 Å². The molecule has 0 radical (unpaired) electrons. The zero-order valence-electron chi connectivity index (χ0n) is 15.4. The Balaban J connectivity index is 1.48. The third-order valence-electron chi connectivity index (χ3n) is 4.05. The van der Waals surface area contributed by atoms with Crippen molar-refractivity contribution in [2.24, 2.45) is 0 Å². The minimum atomic E-state index is -0.320. The molecular formula is C21H16ClN5OS. The molecule has 2 heterocycles. The highest BCUT2D eigenvalue weighted by Crippen LogP contribution is 2.26. The number of benzene rings is 2. The van der Waals surface area contributed by atoms with Gasteiger partial charge in [0.25, 0.3) is 5.91 Å². The van der Waals surface area contributed by atoms with Crippen LogP contribution in [-0.2, 0) is 0 Å². The first-order valence-electron chi connectivity index (χ1n) is 8.78. The molecule has 144 valence electrons. The summed E-state index contributed by atoms with van der Waals surface area (Å²) >= 11 is 7.52. The van der Waals surface area contributed by atoms with Crippen molar-refractivity contribution in [3.05, 3.63) is 88.1 Å². The van der Waals surface area contributed by atoms with E-state index in [1.165, 1.54) is 0 Å². The summed E-state index contributed by atoms with van der Waals surface area (Å²) in [5.41, 5.74) is 3.59. The van der Waals surface area contributed by atoms with Gasteiger partial charge in [-0.15, -0.1) is 10.2 Å². The number of hydrogen-bond acceptors (Lipinski definition) is 5. The predicted molar refractivity (Wildman–Crippen MR) is 116 cm³/mol. The molecule has 2 aromatic carbocycles. The number of nitrogens with one attached hydrogen (secondary N) is 1. The van der Waals surface area contributed by atoms with E-state index in [1.54, 1.807) is 17.0 Å². The summed E-state index contributed by atoms with van der Waals surface area (Å²) in [5, 5.41) is 16.2. The molecule has 1 amide bonds. The molecule has 6 nitrogen and oxygen atoms in total. The van der Waals surface area contributed by atoms with Crippen molar-refractivity contribution in [2.45, 2.75) is 6.92 Å². The number of aryl methyl sites for hydroxylation is 1. The summed E-state index contributed by atoms with van der Waals surface area (Å²) in [6.45, 7) is 1.99. The average Bonchev–Trinajstić information content (AvgIpc) is 3.40. The molecule has 0 spiro atoms. The van der Waals surface area contributed by atoms with Crippen LogP contribution in [0.2, 0.25) is 0 Å². The van der Waals surface area contributed by atoms with E-state index in [0.29, 0.717) is 15.7 Å². The quantitative estimate of drug-likeness (QED) is 0.491. The summed E-state index contributed by atoms with van der Waals surface area (Å²) in [7, 11) is 0. The van der Waals surface area contributed by atoms with E-state index in [1.807, 2.05) is 67.7 Å². The number of carbonyl (C=O) groups is 1. The highest BCUT2D eigenvalue weighted by Gasteiger charge is 2.15. The second kappa shape index (κ2) is 8.38. The van der Waals surface area contributed by atoms with Crippen LogP contribution in [0.25, 0.3) is 16.8 Å². The standard InChI is InChI=1S/C21H16ClN5OS/c1-14-7-9-16(10-8-14)24-19(28)21-26-25-20(29-21)18(22)11-15-12-23-27(13-15)17-5-3-2-4-6-17/h2-13H,1H3,(H,24,28)/b18-11-. The molecule has 0 atom stereocenters. The lowest BCUT2D eigenvalue weighted by Gasteiger charge is -2.02. The maximum Gasteiger partial charge on any atom is 0.286 e. The van der Waals surface area contributed by atoms with Crippen LogP contribution in [-0.4, -0.2) is 25.9 Å². The molecule has 8 heteroatoms. The molecule has 29 heavy (non-hydrogen) atoms. The first kappa shape index (κ1) is 19.0. The van der Waals surface area contributed by atoms with Gasteiger partial charge in [-0.25, -0.2) is 4.68 Å². The summed E-state index contributed by atoms with van der Waals surface area (Å²) < 4.78 is 1.76. The largest absolute Gasteiger partial charge is 0.320 e. The van der Waals surface area contributed by atoms with Gasteiger partial charge in [-0.3, -0.25) is 4.79 Å². The van der Waals surface area contributed by atoms with Crippen molar-refractivity contribution in [1.82, 2.24) is 20.0 Å². The van der Waals surface area contributed by atoms with Crippen LogP contribution in [0.15, 0.2) is 67.0 Å². The number of hydrogen-bond donors (Lipinski definition) is 1. The Morgan fingerprint density at radius 1 is 1.07 bits per heavy atom. The SMILES string of the molecule is Cc1ccc(NC(=O)c2nnc(/C(Cl)=C/c3cnn(-c4ccccc4)c3)s2)cc1. The zero-order chi connectivity index (χ0) is 20.2. The normalized spacial score (nSPS) is 11.4. The maximum absolute atomic E-state index is 12.4. The van der Waals surface area contributed by atoms with Crippen LogP contribution in [0.5, 0.6) is 0 Å². The van der Waals surface area contributed by atoms with Crippen LogP contribution < -0.4 is 5.32 Å². The van der Waals surface area contributed by atoms with Crippen LogP contribution in [0.4, 0.5) is 5.69 Å². The van der Waals surface area contributed by atoms with E-state index >= 15 is 0 Å².